The van der Waals surface area contributed by atoms with Gasteiger partial charge in [0.2, 0.25) is 30.5 Å². The predicted octanol–water partition coefficient (Wildman–Crippen LogP) is 5.36. The maximum atomic E-state index is 13.8. The largest absolute Gasteiger partial charge is 0.487 e. The summed E-state index contributed by atoms with van der Waals surface area (Å²) in [4.78, 5) is 55.6. The van der Waals surface area contributed by atoms with E-state index in [1.807, 2.05) is 0 Å². The zero-order chi connectivity index (χ0) is 44.3. The Morgan fingerprint density at radius 2 is 1.47 bits per heavy atom. The van der Waals surface area contributed by atoms with Crippen molar-refractivity contribution in [1.29, 1.82) is 0 Å². The molecule has 1 aromatic carbocycles. The first kappa shape index (κ1) is 45.7. The van der Waals surface area contributed by atoms with Crippen molar-refractivity contribution in [2.24, 2.45) is 0 Å². The number of benzene rings is 1. The van der Waals surface area contributed by atoms with E-state index in [2.05, 4.69) is 20.0 Å². The number of hydrogen-bond acceptors (Lipinski definition) is 15. The molecule has 2 aliphatic rings. The van der Waals surface area contributed by atoms with Crippen LogP contribution in [0, 0.1) is 0 Å². The van der Waals surface area contributed by atoms with Crippen molar-refractivity contribution in [3.63, 3.8) is 0 Å². The molecule has 1 saturated heterocycles. The molecule has 6 atom stereocenters. The Balaban J connectivity index is 1.51. The molecule has 5 rings (SSSR count). The Bertz CT molecular complexity index is 2020. The first-order valence-corrected chi connectivity index (χ1v) is 18.4. The third-order valence-electron chi connectivity index (χ3n) is 8.64. The number of pyridine rings is 1. The van der Waals surface area contributed by atoms with Gasteiger partial charge in [0.25, 0.3) is 0 Å². The summed E-state index contributed by atoms with van der Waals surface area (Å²) >= 11 is -0.0859. The van der Waals surface area contributed by atoms with Crippen LogP contribution in [0.25, 0.3) is 0 Å². The zero-order valence-electron chi connectivity index (χ0n) is 31.5. The van der Waals surface area contributed by atoms with Gasteiger partial charge in [-0.25, -0.2) is 9.97 Å². The third-order valence-corrected chi connectivity index (χ3v) is 9.86. The van der Waals surface area contributed by atoms with Crippen molar-refractivity contribution >= 4 is 35.2 Å². The highest BCUT2D eigenvalue weighted by Gasteiger charge is 2.73. The summed E-state index contributed by atoms with van der Waals surface area (Å²) in [5.74, 6) is -5.38. The summed E-state index contributed by atoms with van der Waals surface area (Å²) in [6.45, 7) is 0.864. The number of thiazole rings is 1. The molecule has 2 aromatic heterocycles. The normalized spacial score (nSPS) is 21.4. The fourth-order valence-electron chi connectivity index (χ4n) is 5.95. The second kappa shape index (κ2) is 18.1. The lowest BCUT2D eigenvalue weighted by Crippen LogP contribution is -2.67. The van der Waals surface area contributed by atoms with E-state index >= 15 is 0 Å². The third kappa shape index (κ3) is 10.9. The molecule has 1 saturated carbocycles. The topological polar surface area (TPSA) is 191 Å². The molecule has 328 valence electrons. The first-order valence-electron chi connectivity index (χ1n) is 17.6. The molecular formula is C36H35F8N3O12S. The van der Waals surface area contributed by atoms with Crippen molar-refractivity contribution in [3.05, 3.63) is 63.7 Å². The lowest BCUT2D eigenvalue weighted by molar-refractivity contribution is -0.376. The SMILES string of the molecule is CC(=O)N[C@@H]1C(OC(C)=O)[C@H](OC(C)=O)C(OC(C)=O)O[C@H]1Oc1ccc(C[C@@H](c2ccc(OC(F)F)c(OC3CC3)c2)c2cnc(C(O)(C(F)(F)F)C(F)(F)F)s2)cn1. The van der Waals surface area contributed by atoms with Crippen molar-refractivity contribution in [2.45, 2.75) is 114 Å². The molecule has 24 heteroatoms. The van der Waals surface area contributed by atoms with Crippen LogP contribution >= 0.6 is 11.3 Å². The zero-order valence-corrected chi connectivity index (χ0v) is 32.4. The number of carbonyl (C=O) groups is 4. The van der Waals surface area contributed by atoms with Gasteiger partial charge in [-0.05, 0) is 42.5 Å². The monoisotopic (exact) mass is 885 g/mol. The molecule has 60 heavy (non-hydrogen) atoms. The first-order chi connectivity index (χ1) is 28.0. The molecule has 15 nitrogen and oxygen atoms in total. The van der Waals surface area contributed by atoms with Crippen LogP contribution in [0.4, 0.5) is 35.1 Å². The maximum absolute atomic E-state index is 13.8. The summed E-state index contributed by atoms with van der Waals surface area (Å²) in [6.07, 6.45) is -16.6. The molecule has 3 heterocycles. The lowest BCUT2D eigenvalue weighted by atomic mass is 9.91. The molecule has 3 aromatic rings. The molecule has 2 N–H and O–H groups in total. The van der Waals surface area contributed by atoms with E-state index in [1.54, 1.807) is 0 Å². The van der Waals surface area contributed by atoms with Crippen molar-refractivity contribution in [3.8, 4) is 17.4 Å². The van der Waals surface area contributed by atoms with E-state index < -0.39 is 90.1 Å². The predicted molar refractivity (Wildman–Crippen MR) is 184 cm³/mol. The van der Waals surface area contributed by atoms with Crippen LogP contribution in [-0.4, -0.2) is 94.8 Å². The second-order valence-corrected chi connectivity index (χ2v) is 14.5. The van der Waals surface area contributed by atoms with Crippen LogP contribution in [0.1, 0.15) is 67.5 Å². The number of esters is 3. The Morgan fingerprint density at radius 3 is 2.00 bits per heavy atom. The Labute approximate surface area is 338 Å². The average Bonchev–Trinajstić information content (AvgIpc) is 3.81. The van der Waals surface area contributed by atoms with Crippen LogP contribution in [-0.2, 0) is 50.1 Å². The van der Waals surface area contributed by atoms with Gasteiger partial charge < -0.3 is 38.8 Å². The van der Waals surface area contributed by atoms with Crippen LogP contribution in [0.5, 0.6) is 17.4 Å². The van der Waals surface area contributed by atoms with E-state index in [-0.39, 0.29) is 57.2 Å². The second-order valence-electron chi connectivity index (χ2n) is 13.4. The Morgan fingerprint density at radius 1 is 0.833 bits per heavy atom. The van der Waals surface area contributed by atoms with Crippen LogP contribution in [0.15, 0.2) is 42.7 Å². The molecule has 2 unspecified atom stereocenters. The number of alkyl halides is 8. The fourth-order valence-corrected chi connectivity index (χ4v) is 7.12. The van der Waals surface area contributed by atoms with E-state index in [0.717, 1.165) is 33.8 Å². The van der Waals surface area contributed by atoms with Gasteiger partial charge in [0.05, 0.1) is 6.10 Å². The van der Waals surface area contributed by atoms with Gasteiger partial charge in [0.1, 0.15) is 11.0 Å². The lowest BCUT2D eigenvalue weighted by Gasteiger charge is -2.44. The smallest absolute Gasteiger partial charge is 0.433 e. The molecule has 0 bridgehead atoms. The summed E-state index contributed by atoms with van der Waals surface area (Å²) in [5.41, 5.74) is -4.93. The van der Waals surface area contributed by atoms with Crippen LogP contribution in [0.2, 0.25) is 0 Å². The average molecular weight is 886 g/mol. The van der Waals surface area contributed by atoms with E-state index in [4.69, 9.17) is 28.4 Å². The number of nitrogens with zero attached hydrogens (tertiary/aromatic N) is 2. The van der Waals surface area contributed by atoms with E-state index in [0.29, 0.717) is 19.0 Å². The summed E-state index contributed by atoms with van der Waals surface area (Å²) in [5, 5.41) is 10.8. The highest BCUT2D eigenvalue weighted by Crippen LogP contribution is 2.52. The number of carbonyl (C=O) groups excluding carboxylic acids is 4. The fraction of sp³-hybridized carbons (Fsp3) is 0.500. The number of amides is 1. The number of halogens is 8. The van der Waals surface area contributed by atoms with Gasteiger partial charge in [-0.15, -0.1) is 11.3 Å². The molecule has 1 amide bonds. The molecular weight excluding hydrogens is 850 g/mol. The number of nitrogens with one attached hydrogen (secondary N) is 1. The minimum Gasteiger partial charge on any atom is -0.487 e. The van der Waals surface area contributed by atoms with E-state index in [1.165, 1.54) is 30.5 Å². The number of rotatable bonds is 15. The molecule has 1 aliphatic carbocycles. The maximum Gasteiger partial charge on any atom is 0.433 e. The number of ether oxygens (including phenoxy) is 7. The molecule has 1 aliphatic heterocycles. The summed E-state index contributed by atoms with van der Waals surface area (Å²) in [7, 11) is 0. The Hall–Kier alpha value is -5.36. The Kier molecular flexibility index (Phi) is 13.8. The highest BCUT2D eigenvalue weighted by atomic mass is 32.1. The number of aromatic nitrogens is 2. The van der Waals surface area contributed by atoms with Crippen LogP contribution in [0.3, 0.4) is 0 Å². The van der Waals surface area contributed by atoms with Gasteiger partial charge in [-0.1, -0.05) is 12.1 Å². The van der Waals surface area contributed by atoms with Crippen LogP contribution < -0.4 is 19.5 Å². The van der Waals surface area contributed by atoms with Gasteiger partial charge in [-0.2, -0.15) is 35.1 Å². The van der Waals surface area contributed by atoms with Gasteiger partial charge >= 0.3 is 42.5 Å². The van der Waals surface area contributed by atoms with Crippen molar-refractivity contribution < 1.29 is 92.6 Å². The van der Waals surface area contributed by atoms with Crippen molar-refractivity contribution in [2.75, 3.05) is 0 Å². The minimum atomic E-state index is -6.23. The van der Waals surface area contributed by atoms with Gasteiger partial charge in [0.15, 0.2) is 17.6 Å². The quantitative estimate of drug-likeness (QED) is 0.113. The summed E-state index contributed by atoms with van der Waals surface area (Å²) in [6, 6.07) is 4.78. The van der Waals surface area contributed by atoms with Gasteiger partial charge in [-0.3, -0.25) is 23.9 Å². The highest BCUT2D eigenvalue weighted by molar-refractivity contribution is 7.11. The minimum absolute atomic E-state index is 0.0859. The van der Waals surface area contributed by atoms with Crippen molar-refractivity contribution in [1.82, 2.24) is 15.3 Å². The number of aliphatic hydroxyl groups is 1. The molecule has 0 spiro atoms. The standard InChI is InChI=1S/C36H35F8N3O12S/c1-15(48)47-27-28(53-16(2)49)29(54-17(3)50)31(55-18(4)51)59-30(27)58-26-10-5-19(13-45-26)11-22(20-6-9-23(57-33(37)38)24(12-20)56-21-7-8-21)25-14-46-32(60-25)34(52,35(39,40)41)36(42,43)44/h5-6,9-10,12-14,21-22,27-31,33,52H,7-8,11H2,1-4H3,(H,47,48)/t22-,27+,28?,29-,30+,31?/m0/s1. The van der Waals surface area contributed by atoms with Gasteiger partial charge in [0, 0.05) is 57.0 Å². The molecule has 2 fully saturated rings. The molecule has 0 radical (unpaired) electrons. The summed E-state index contributed by atoms with van der Waals surface area (Å²) < 4.78 is 147. The number of hydrogen-bond donors (Lipinski definition) is 2. The van der Waals surface area contributed by atoms with E-state index in [9.17, 15) is 59.4 Å².